The molecule has 3 aliphatic rings. The van der Waals surface area contributed by atoms with Crippen LogP contribution in [0.1, 0.15) is 22.3 Å². The summed E-state index contributed by atoms with van der Waals surface area (Å²) < 4.78 is 0. The van der Waals surface area contributed by atoms with Gasteiger partial charge in [0.25, 0.3) is 0 Å². The molecular formula is C29H26ClN3O3. The molecule has 3 amide bonds. The summed E-state index contributed by atoms with van der Waals surface area (Å²) in [6, 6.07) is 22.8. The van der Waals surface area contributed by atoms with Crippen molar-refractivity contribution in [3.05, 3.63) is 100 Å². The van der Waals surface area contributed by atoms with E-state index in [-0.39, 0.29) is 30.3 Å². The van der Waals surface area contributed by atoms with Crippen LogP contribution in [0.15, 0.2) is 72.8 Å². The zero-order chi connectivity index (χ0) is 25.0. The summed E-state index contributed by atoms with van der Waals surface area (Å²) in [6.07, 6.45) is 1.09. The molecule has 3 aliphatic heterocycles. The van der Waals surface area contributed by atoms with E-state index in [0.717, 1.165) is 16.7 Å². The number of carbonyl (C=O) groups is 3. The SMILES string of the molecule is Cc1cc(Cl)cc2c1NC(=O)C21NC(Cc2ccccc2)[C@H]2C(=O)N(CCc3ccccc3)C(=O)[C@H]21. The molecule has 0 saturated carbocycles. The van der Waals surface area contributed by atoms with Crippen LogP contribution in [0.2, 0.25) is 5.02 Å². The van der Waals surface area contributed by atoms with E-state index in [1.54, 1.807) is 12.1 Å². The summed E-state index contributed by atoms with van der Waals surface area (Å²) in [5.74, 6) is -2.31. The van der Waals surface area contributed by atoms with Gasteiger partial charge in [0.2, 0.25) is 17.7 Å². The van der Waals surface area contributed by atoms with E-state index < -0.39 is 17.4 Å². The summed E-state index contributed by atoms with van der Waals surface area (Å²) >= 11 is 6.43. The summed E-state index contributed by atoms with van der Waals surface area (Å²) in [6.45, 7) is 2.16. The van der Waals surface area contributed by atoms with E-state index in [9.17, 15) is 14.4 Å². The maximum Gasteiger partial charge on any atom is 0.250 e. The number of hydrogen-bond acceptors (Lipinski definition) is 4. The molecule has 2 fully saturated rings. The zero-order valence-electron chi connectivity index (χ0n) is 19.8. The van der Waals surface area contributed by atoms with Crippen molar-refractivity contribution in [2.75, 3.05) is 11.9 Å². The fourth-order valence-corrected chi connectivity index (χ4v) is 6.51. The molecule has 0 bridgehead atoms. The van der Waals surface area contributed by atoms with Gasteiger partial charge in [-0.05, 0) is 48.6 Å². The molecule has 0 aromatic heterocycles. The van der Waals surface area contributed by atoms with Crippen LogP contribution in [0.3, 0.4) is 0 Å². The fourth-order valence-electron chi connectivity index (χ4n) is 6.24. The number of benzene rings is 3. The number of aryl methyl sites for hydroxylation is 1. The van der Waals surface area contributed by atoms with Crippen molar-refractivity contribution in [3.8, 4) is 0 Å². The van der Waals surface area contributed by atoms with Crippen LogP contribution >= 0.6 is 11.6 Å². The number of anilines is 1. The summed E-state index contributed by atoms with van der Waals surface area (Å²) in [5.41, 5.74) is 2.88. The number of halogens is 1. The van der Waals surface area contributed by atoms with Gasteiger partial charge in [0.15, 0.2) is 0 Å². The van der Waals surface area contributed by atoms with E-state index in [1.165, 1.54) is 4.90 Å². The topological polar surface area (TPSA) is 78.5 Å². The van der Waals surface area contributed by atoms with Crippen molar-refractivity contribution in [1.29, 1.82) is 0 Å². The van der Waals surface area contributed by atoms with E-state index in [0.29, 0.717) is 29.1 Å². The van der Waals surface area contributed by atoms with Crippen molar-refractivity contribution in [1.82, 2.24) is 10.2 Å². The Morgan fingerprint density at radius 3 is 2.28 bits per heavy atom. The van der Waals surface area contributed by atoms with Gasteiger partial charge in [-0.3, -0.25) is 24.6 Å². The number of carbonyl (C=O) groups excluding carboxylic acids is 3. The highest BCUT2D eigenvalue weighted by molar-refractivity contribution is 6.31. The molecule has 0 radical (unpaired) electrons. The third-order valence-electron chi connectivity index (χ3n) is 7.84. The van der Waals surface area contributed by atoms with Gasteiger partial charge in [0.1, 0.15) is 5.54 Å². The Morgan fingerprint density at radius 2 is 1.58 bits per heavy atom. The molecule has 182 valence electrons. The monoisotopic (exact) mass is 499 g/mol. The summed E-state index contributed by atoms with van der Waals surface area (Å²) in [5, 5.41) is 6.97. The Kier molecular flexibility index (Phi) is 5.47. The molecular weight excluding hydrogens is 474 g/mol. The number of rotatable bonds is 5. The molecule has 4 atom stereocenters. The molecule has 3 aromatic rings. The number of nitrogens with zero attached hydrogens (tertiary/aromatic N) is 1. The summed E-state index contributed by atoms with van der Waals surface area (Å²) in [4.78, 5) is 42.8. The van der Waals surface area contributed by atoms with Gasteiger partial charge in [-0.15, -0.1) is 0 Å². The first-order valence-electron chi connectivity index (χ1n) is 12.2. The lowest BCUT2D eigenvalue weighted by atomic mass is 9.76. The molecule has 3 aromatic carbocycles. The molecule has 6 rings (SSSR count). The van der Waals surface area contributed by atoms with E-state index in [1.807, 2.05) is 67.6 Å². The fraction of sp³-hybridized carbons (Fsp3) is 0.276. The first-order chi connectivity index (χ1) is 17.4. The lowest BCUT2D eigenvalue weighted by Crippen LogP contribution is -2.53. The standard InChI is InChI=1S/C29H26ClN3O3/c1-17-14-20(30)16-21-25(17)31-28(36)29(21)24-23(22(32-29)15-19-10-6-3-7-11-19)26(34)33(27(24)35)13-12-18-8-4-2-5-9-18/h2-11,14,16,22-24,32H,12-13,15H2,1H3,(H,31,36)/t22?,23-,24+,29?/m1/s1. The maximum atomic E-state index is 14.0. The lowest BCUT2D eigenvalue weighted by Gasteiger charge is -2.29. The number of amides is 3. The minimum absolute atomic E-state index is 0.216. The average Bonchev–Trinajstić information content (AvgIpc) is 3.44. The van der Waals surface area contributed by atoms with Crippen LogP contribution in [-0.2, 0) is 32.8 Å². The van der Waals surface area contributed by atoms with Crippen LogP contribution in [0.25, 0.3) is 0 Å². The summed E-state index contributed by atoms with van der Waals surface area (Å²) in [7, 11) is 0. The van der Waals surface area contributed by atoms with Crippen LogP contribution in [0.4, 0.5) is 5.69 Å². The Balaban J connectivity index is 1.42. The van der Waals surface area contributed by atoms with Crippen LogP contribution in [0.5, 0.6) is 0 Å². The number of fused-ring (bicyclic) bond motifs is 4. The minimum Gasteiger partial charge on any atom is -0.324 e. The van der Waals surface area contributed by atoms with E-state index in [4.69, 9.17) is 11.6 Å². The molecule has 2 saturated heterocycles. The molecule has 6 nitrogen and oxygen atoms in total. The van der Waals surface area contributed by atoms with Gasteiger partial charge < -0.3 is 5.32 Å². The Morgan fingerprint density at radius 1 is 0.917 bits per heavy atom. The largest absolute Gasteiger partial charge is 0.324 e. The van der Waals surface area contributed by atoms with Gasteiger partial charge in [0.05, 0.1) is 11.8 Å². The van der Waals surface area contributed by atoms with Gasteiger partial charge in [-0.25, -0.2) is 0 Å². The van der Waals surface area contributed by atoms with Crippen LogP contribution in [0, 0.1) is 18.8 Å². The van der Waals surface area contributed by atoms with Crippen molar-refractivity contribution < 1.29 is 14.4 Å². The number of imide groups is 1. The van der Waals surface area contributed by atoms with Gasteiger partial charge >= 0.3 is 0 Å². The highest BCUT2D eigenvalue weighted by atomic mass is 35.5. The van der Waals surface area contributed by atoms with E-state index in [2.05, 4.69) is 10.6 Å². The Bertz CT molecular complexity index is 1380. The lowest BCUT2D eigenvalue weighted by molar-refractivity contribution is -0.142. The Labute approximate surface area is 214 Å². The third-order valence-corrected chi connectivity index (χ3v) is 8.06. The highest BCUT2D eigenvalue weighted by Gasteiger charge is 2.70. The molecule has 36 heavy (non-hydrogen) atoms. The van der Waals surface area contributed by atoms with Crippen molar-refractivity contribution in [3.63, 3.8) is 0 Å². The minimum atomic E-state index is -1.34. The van der Waals surface area contributed by atoms with Crippen LogP contribution in [-0.4, -0.2) is 35.2 Å². The second-order valence-electron chi connectivity index (χ2n) is 9.92. The van der Waals surface area contributed by atoms with Gasteiger partial charge in [-0.1, -0.05) is 72.3 Å². The molecule has 2 unspecified atom stereocenters. The molecule has 2 N–H and O–H groups in total. The Hall–Kier alpha value is -3.48. The average molecular weight is 500 g/mol. The molecule has 1 spiro atoms. The maximum absolute atomic E-state index is 14.0. The van der Waals surface area contributed by atoms with Gasteiger partial charge in [-0.2, -0.15) is 0 Å². The van der Waals surface area contributed by atoms with Crippen molar-refractivity contribution in [2.45, 2.75) is 31.3 Å². The second-order valence-corrected chi connectivity index (χ2v) is 10.4. The highest BCUT2D eigenvalue weighted by Crippen LogP contribution is 2.54. The molecule has 3 heterocycles. The van der Waals surface area contributed by atoms with Crippen molar-refractivity contribution >= 4 is 35.0 Å². The molecule has 7 heteroatoms. The molecule has 0 aliphatic carbocycles. The quantitative estimate of drug-likeness (QED) is 0.523. The number of nitrogens with one attached hydrogen (secondary N) is 2. The smallest absolute Gasteiger partial charge is 0.250 e. The van der Waals surface area contributed by atoms with Crippen molar-refractivity contribution in [2.24, 2.45) is 11.8 Å². The second kappa shape index (κ2) is 8.57. The number of hydrogen-bond donors (Lipinski definition) is 2. The third kappa shape index (κ3) is 3.39. The van der Waals surface area contributed by atoms with Gasteiger partial charge in [0, 0.05) is 28.9 Å². The predicted octanol–water partition coefficient (Wildman–Crippen LogP) is 3.85. The predicted molar refractivity (Wildman–Crippen MR) is 137 cm³/mol. The van der Waals surface area contributed by atoms with E-state index >= 15 is 0 Å². The number of likely N-dealkylation sites (tertiary alicyclic amines) is 1. The first kappa shape index (κ1) is 23.0. The zero-order valence-corrected chi connectivity index (χ0v) is 20.6. The van der Waals surface area contributed by atoms with Crippen LogP contribution < -0.4 is 10.6 Å². The first-order valence-corrected chi connectivity index (χ1v) is 12.6. The normalized spacial score (nSPS) is 26.4.